The van der Waals surface area contributed by atoms with E-state index in [1.807, 2.05) is 0 Å². The molecule has 0 aliphatic heterocycles. The van der Waals surface area contributed by atoms with E-state index in [-0.39, 0.29) is 24.6 Å². The highest BCUT2D eigenvalue weighted by Crippen LogP contribution is 2.28. The molecule has 1 N–H and O–H groups in total. The number of rotatable bonds is 7. The molecular weight excluding hydrogens is 270 g/mol. The van der Waals surface area contributed by atoms with Crippen molar-refractivity contribution < 1.29 is 19.4 Å². The second-order valence-corrected chi connectivity index (χ2v) is 6.28. The molecule has 0 radical (unpaired) electrons. The minimum atomic E-state index is -0.856. The fraction of sp³-hybridized carbons (Fsp3) is 0.875. The van der Waals surface area contributed by atoms with Crippen molar-refractivity contribution in [2.75, 3.05) is 6.61 Å². The first-order valence-electron chi connectivity index (χ1n) is 8.12. The smallest absolute Gasteiger partial charge is 0.410 e. The number of carbonyl (C=O) groups is 2. The van der Waals surface area contributed by atoms with Gasteiger partial charge in [-0.05, 0) is 32.1 Å². The van der Waals surface area contributed by atoms with E-state index in [0.717, 1.165) is 25.7 Å². The van der Waals surface area contributed by atoms with Gasteiger partial charge in [0.1, 0.15) is 0 Å². The van der Waals surface area contributed by atoms with Crippen molar-refractivity contribution in [2.45, 2.75) is 77.8 Å². The van der Waals surface area contributed by atoms with Crippen LogP contribution in [0.4, 0.5) is 4.79 Å². The lowest BCUT2D eigenvalue weighted by molar-refractivity contribution is -0.138. The summed E-state index contributed by atoms with van der Waals surface area (Å²) in [6, 6.07) is -0.148. The van der Waals surface area contributed by atoms with E-state index in [0.29, 0.717) is 18.9 Å². The first-order valence-corrected chi connectivity index (χ1v) is 8.12. The van der Waals surface area contributed by atoms with E-state index in [1.165, 1.54) is 6.42 Å². The lowest BCUT2D eigenvalue weighted by Crippen LogP contribution is -2.49. The van der Waals surface area contributed by atoms with Gasteiger partial charge >= 0.3 is 12.1 Å². The maximum atomic E-state index is 12.4. The normalized spacial score (nSPS) is 17.5. The SMILES string of the molecule is CCOC(=O)N(C1CCCCC1)C(CC(=O)O)CC(C)C. The molecule has 1 unspecified atom stereocenters. The van der Waals surface area contributed by atoms with E-state index in [9.17, 15) is 14.7 Å². The highest BCUT2D eigenvalue weighted by Gasteiger charge is 2.34. The van der Waals surface area contributed by atoms with Crippen LogP contribution in [0.3, 0.4) is 0 Å². The van der Waals surface area contributed by atoms with Crippen LogP contribution >= 0.6 is 0 Å². The molecule has 5 nitrogen and oxygen atoms in total. The molecule has 1 aliphatic carbocycles. The summed E-state index contributed by atoms with van der Waals surface area (Å²) < 4.78 is 5.20. The van der Waals surface area contributed by atoms with Crippen LogP contribution in [0, 0.1) is 5.92 Å². The Morgan fingerprint density at radius 2 is 1.86 bits per heavy atom. The minimum absolute atomic E-state index is 0.00645. The van der Waals surface area contributed by atoms with Crippen LogP contribution < -0.4 is 0 Å². The molecule has 1 fully saturated rings. The number of amides is 1. The summed E-state index contributed by atoms with van der Waals surface area (Å²) in [5, 5.41) is 9.18. The van der Waals surface area contributed by atoms with Gasteiger partial charge in [0.15, 0.2) is 0 Å². The van der Waals surface area contributed by atoms with E-state index < -0.39 is 5.97 Å². The molecule has 5 heteroatoms. The first-order chi connectivity index (χ1) is 9.95. The number of carboxylic acids is 1. The Morgan fingerprint density at radius 1 is 1.24 bits per heavy atom. The van der Waals surface area contributed by atoms with Gasteiger partial charge in [-0.1, -0.05) is 33.1 Å². The van der Waals surface area contributed by atoms with Crippen molar-refractivity contribution in [1.82, 2.24) is 4.90 Å². The molecule has 21 heavy (non-hydrogen) atoms. The summed E-state index contributed by atoms with van der Waals surface area (Å²) in [5.41, 5.74) is 0. The van der Waals surface area contributed by atoms with Crippen LogP contribution in [-0.4, -0.2) is 40.8 Å². The van der Waals surface area contributed by atoms with Crippen LogP contribution in [0.5, 0.6) is 0 Å². The van der Waals surface area contributed by atoms with E-state index in [1.54, 1.807) is 11.8 Å². The highest BCUT2D eigenvalue weighted by molar-refractivity contribution is 5.72. The van der Waals surface area contributed by atoms with Gasteiger partial charge in [0.05, 0.1) is 13.0 Å². The van der Waals surface area contributed by atoms with Crippen molar-refractivity contribution in [1.29, 1.82) is 0 Å². The fourth-order valence-electron chi connectivity index (χ4n) is 3.19. The third-order valence-corrected chi connectivity index (χ3v) is 3.99. The summed E-state index contributed by atoms with van der Waals surface area (Å²) in [4.78, 5) is 25.3. The molecule has 1 atom stereocenters. The van der Waals surface area contributed by atoms with E-state index in [4.69, 9.17) is 4.74 Å². The molecule has 1 amide bonds. The predicted molar refractivity (Wildman–Crippen MR) is 81.2 cm³/mol. The van der Waals surface area contributed by atoms with Gasteiger partial charge in [0.25, 0.3) is 0 Å². The van der Waals surface area contributed by atoms with E-state index >= 15 is 0 Å². The Labute approximate surface area is 127 Å². The van der Waals surface area contributed by atoms with Crippen molar-refractivity contribution in [2.24, 2.45) is 5.92 Å². The Hall–Kier alpha value is -1.26. The summed E-state index contributed by atoms with van der Waals surface area (Å²) in [6.07, 6.45) is 5.64. The van der Waals surface area contributed by atoms with E-state index in [2.05, 4.69) is 13.8 Å². The number of hydrogen-bond acceptors (Lipinski definition) is 3. The second kappa shape index (κ2) is 8.90. The lowest BCUT2D eigenvalue weighted by atomic mass is 9.91. The predicted octanol–water partition coefficient (Wildman–Crippen LogP) is 3.67. The Morgan fingerprint density at radius 3 is 2.33 bits per heavy atom. The Kier molecular flexibility index (Phi) is 7.54. The third kappa shape index (κ3) is 5.94. The molecule has 122 valence electrons. The van der Waals surface area contributed by atoms with Gasteiger partial charge in [-0.3, -0.25) is 4.79 Å². The summed E-state index contributed by atoms with van der Waals surface area (Å²) in [7, 11) is 0. The zero-order valence-corrected chi connectivity index (χ0v) is 13.5. The molecule has 0 aromatic heterocycles. The lowest BCUT2D eigenvalue weighted by Gasteiger charge is -2.39. The minimum Gasteiger partial charge on any atom is -0.481 e. The van der Waals surface area contributed by atoms with Gasteiger partial charge in [-0.25, -0.2) is 4.79 Å². The fourth-order valence-corrected chi connectivity index (χ4v) is 3.19. The number of hydrogen-bond donors (Lipinski definition) is 1. The van der Waals surface area contributed by atoms with Crippen LogP contribution in [0.15, 0.2) is 0 Å². The largest absolute Gasteiger partial charge is 0.481 e. The Balaban J connectivity index is 2.91. The quantitative estimate of drug-likeness (QED) is 0.779. The summed E-state index contributed by atoms with van der Waals surface area (Å²) >= 11 is 0. The average Bonchev–Trinajstić information content (AvgIpc) is 2.39. The summed E-state index contributed by atoms with van der Waals surface area (Å²) in [5.74, 6) is -0.513. The number of aliphatic carboxylic acids is 1. The monoisotopic (exact) mass is 299 g/mol. The van der Waals surface area contributed by atoms with Crippen LogP contribution in [0.1, 0.15) is 65.7 Å². The van der Waals surface area contributed by atoms with Crippen molar-refractivity contribution >= 4 is 12.1 Å². The maximum Gasteiger partial charge on any atom is 0.410 e. The molecule has 0 saturated heterocycles. The highest BCUT2D eigenvalue weighted by atomic mass is 16.6. The van der Waals surface area contributed by atoms with Crippen molar-refractivity contribution in [3.63, 3.8) is 0 Å². The van der Waals surface area contributed by atoms with Crippen molar-refractivity contribution in [3.05, 3.63) is 0 Å². The molecule has 0 aromatic rings. The van der Waals surface area contributed by atoms with Crippen LogP contribution in [0.25, 0.3) is 0 Å². The molecule has 0 heterocycles. The van der Waals surface area contributed by atoms with Crippen LogP contribution in [0.2, 0.25) is 0 Å². The standard InChI is InChI=1S/C16H29NO4/c1-4-21-16(20)17(13-8-6-5-7-9-13)14(10-12(2)3)11-15(18)19/h12-14H,4-11H2,1-3H3,(H,18,19). The molecule has 0 spiro atoms. The average molecular weight is 299 g/mol. The number of nitrogens with zero attached hydrogens (tertiary/aromatic N) is 1. The van der Waals surface area contributed by atoms with Gasteiger partial charge < -0.3 is 14.7 Å². The summed E-state index contributed by atoms with van der Waals surface area (Å²) in [6.45, 7) is 6.22. The number of carbonyl (C=O) groups excluding carboxylic acids is 1. The van der Waals surface area contributed by atoms with Gasteiger partial charge in [-0.15, -0.1) is 0 Å². The molecule has 1 rings (SSSR count). The zero-order chi connectivity index (χ0) is 15.8. The van der Waals surface area contributed by atoms with Crippen LogP contribution in [-0.2, 0) is 9.53 Å². The first kappa shape index (κ1) is 17.8. The molecule has 1 saturated carbocycles. The number of carboxylic acid groups (broad SMARTS) is 1. The van der Waals surface area contributed by atoms with Gasteiger partial charge in [0.2, 0.25) is 0 Å². The molecular formula is C16H29NO4. The molecule has 0 aromatic carbocycles. The maximum absolute atomic E-state index is 12.4. The molecule has 0 bridgehead atoms. The molecule has 1 aliphatic rings. The third-order valence-electron chi connectivity index (χ3n) is 3.99. The van der Waals surface area contributed by atoms with Gasteiger partial charge in [0, 0.05) is 12.1 Å². The zero-order valence-electron chi connectivity index (χ0n) is 13.5. The number of ether oxygens (including phenoxy) is 1. The van der Waals surface area contributed by atoms with Crippen molar-refractivity contribution in [3.8, 4) is 0 Å². The topological polar surface area (TPSA) is 66.8 Å². The Bertz CT molecular complexity index is 337. The second-order valence-electron chi connectivity index (χ2n) is 6.28. The van der Waals surface area contributed by atoms with Gasteiger partial charge in [-0.2, -0.15) is 0 Å².